The molecule has 0 heterocycles. The van der Waals surface area contributed by atoms with Crippen LogP contribution >= 0.6 is 0 Å². The fourth-order valence-electron chi connectivity index (χ4n) is 3.55. The van der Waals surface area contributed by atoms with Crippen LogP contribution in [-0.4, -0.2) is 16.1 Å². The Balaban J connectivity index is 3.05. The number of rotatable bonds is 20. The Kier molecular flexibility index (Phi) is 19.1. The summed E-state index contributed by atoms with van der Waals surface area (Å²) in [5.41, 5.74) is 0.140. The summed E-state index contributed by atoms with van der Waals surface area (Å²) in [6, 6.07) is 0. The zero-order chi connectivity index (χ0) is 18.6. The molecule has 0 saturated carbocycles. The minimum Gasteiger partial charge on any atom is -0.423 e. The third-order valence-corrected chi connectivity index (χ3v) is 6.79. The molecule has 25 heavy (non-hydrogen) atoms. The molecule has 0 bridgehead atoms. The van der Waals surface area contributed by atoms with Crippen LogP contribution in [0.1, 0.15) is 143 Å². The van der Waals surface area contributed by atoms with Crippen molar-refractivity contribution in [1.29, 1.82) is 0 Å². The molecule has 0 amide bonds. The van der Waals surface area contributed by atoms with Crippen LogP contribution in [0.25, 0.3) is 0 Å². The van der Waals surface area contributed by atoms with Crippen LogP contribution in [0, 0.1) is 0 Å². The monoisotopic (exact) mass is 370 g/mol. The third-order valence-electron chi connectivity index (χ3n) is 5.68. The molecule has 0 unspecified atom stereocenters. The maximum atomic E-state index is 5.61. The van der Waals surface area contributed by atoms with Crippen molar-refractivity contribution in [2.24, 2.45) is 0 Å². The highest BCUT2D eigenvalue weighted by molar-refractivity contribution is 5.98. The molecule has 0 aliphatic heterocycles. The van der Waals surface area contributed by atoms with E-state index in [0.29, 0.717) is 0 Å². The Morgan fingerprint density at radius 2 is 0.800 bits per heavy atom. The summed E-state index contributed by atoms with van der Waals surface area (Å²) in [6.45, 7) is 6.76. The maximum absolute atomic E-state index is 5.61. The van der Waals surface area contributed by atoms with Crippen LogP contribution in [0.2, 0.25) is 0 Å². The standard InChI is InChI=1S/C23H50OSi/c1-4-5-6-7-8-9-10-11-12-13-14-15-16-17-18-19-20-21-22-23(2,3)24-25/h4-22H2,1-3,25H3. The van der Waals surface area contributed by atoms with Crippen LogP contribution in [0.5, 0.6) is 0 Å². The van der Waals surface area contributed by atoms with Gasteiger partial charge < -0.3 is 4.43 Å². The lowest BCUT2D eigenvalue weighted by Gasteiger charge is -2.23. The van der Waals surface area contributed by atoms with Gasteiger partial charge in [0.1, 0.15) is 10.5 Å². The van der Waals surface area contributed by atoms with Gasteiger partial charge in [-0.3, -0.25) is 0 Å². The minimum absolute atomic E-state index is 0.140. The lowest BCUT2D eigenvalue weighted by molar-refractivity contribution is 0.109. The minimum atomic E-state index is 0.140. The van der Waals surface area contributed by atoms with Crippen LogP contribution in [0.15, 0.2) is 0 Å². The molecule has 0 aliphatic carbocycles. The molecule has 0 aromatic heterocycles. The van der Waals surface area contributed by atoms with Crippen molar-refractivity contribution in [3.05, 3.63) is 0 Å². The van der Waals surface area contributed by atoms with E-state index >= 15 is 0 Å². The van der Waals surface area contributed by atoms with E-state index < -0.39 is 0 Å². The van der Waals surface area contributed by atoms with Gasteiger partial charge in [0, 0.05) is 5.60 Å². The molecule has 0 fully saturated rings. The highest BCUT2D eigenvalue weighted by Crippen LogP contribution is 2.18. The van der Waals surface area contributed by atoms with Gasteiger partial charge in [0.25, 0.3) is 0 Å². The second-order valence-corrected chi connectivity index (χ2v) is 9.13. The molecular weight excluding hydrogens is 320 g/mol. The van der Waals surface area contributed by atoms with Gasteiger partial charge in [-0.25, -0.2) is 0 Å². The van der Waals surface area contributed by atoms with Crippen LogP contribution in [0.4, 0.5) is 0 Å². The largest absolute Gasteiger partial charge is 0.423 e. The molecule has 0 radical (unpaired) electrons. The smallest absolute Gasteiger partial charge is 0.146 e. The second kappa shape index (κ2) is 19.0. The van der Waals surface area contributed by atoms with Crippen LogP contribution in [-0.2, 0) is 4.43 Å². The quantitative estimate of drug-likeness (QED) is 0.159. The molecule has 0 aromatic carbocycles. The molecule has 0 rings (SSSR count). The molecular formula is C23H50OSi. The van der Waals surface area contributed by atoms with Gasteiger partial charge in [0.15, 0.2) is 0 Å². The molecule has 152 valence electrons. The van der Waals surface area contributed by atoms with Crippen molar-refractivity contribution < 1.29 is 4.43 Å². The van der Waals surface area contributed by atoms with E-state index in [-0.39, 0.29) is 5.60 Å². The van der Waals surface area contributed by atoms with Crippen molar-refractivity contribution in [2.75, 3.05) is 0 Å². The highest BCUT2D eigenvalue weighted by Gasteiger charge is 2.13. The Hall–Kier alpha value is 0.177. The SMILES string of the molecule is CCCCCCCCCCCCCCCCCCCCC(C)(C)O[SiH3]. The summed E-state index contributed by atoms with van der Waals surface area (Å²) in [6.07, 6.45) is 27.3. The fraction of sp³-hybridized carbons (Fsp3) is 1.00. The van der Waals surface area contributed by atoms with Crippen molar-refractivity contribution >= 4 is 10.5 Å². The zero-order valence-corrected chi connectivity index (χ0v) is 20.3. The van der Waals surface area contributed by atoms with Crippen molar-refractivity contribution in [1.82, 2.24) is 0 Å². The van der Waals surface area contributed by atoms with Crippen molar-refractivity contribution in [2.45, 2.75) is 148 Å². The predicted octanol–water partition coefficient (Wildman–Crippen LogP) is 7.49. The van der Waals surface area contributed by atoms with Crippen molar-refractivity contribution in [3.8, 4) is 0 Å². The highest BCUT2D eigenvalue weighted by atomic mass is 28.2. The lowest BCUT2D eigenvalue weighted by Crippen LogP contribution is -2.22. The average Bonchev–Trinajstić information content (AvgIpc) is 2.60. The second-order valence-electron chi connectivity index (χ2n) is 8.72. The molecule has 1 nitrogen and oxygen atoms in total. The van der Waals surface area contributed by atoms with E-state index in [0.717, 1.165) is 10.5 Å². The summed E-state index contributed by atoms with van der Waals surface area (Å²) in [4.78, 5) is 0. The van der Waals surface area contributed by atoms with Gasteiger partial charge in [-0.1, -0.05) is 122 Å². The van der Waals surface area contributed by atoms with Gasteiger partial charge in [-0.15, -0.1) is 0 Å². The van der Waals surface area contributed by atoms with Gasteiger partial charge in [0.05, 0.1) is 0 Å². The summed E-state index contributed by atoms with van der Waals surface area (Å²) in [5, 5.41) is 0. The van der Waals surface area contributed by atoms with Gasteiger partial charge in [-0.2, -0.15) is 0 Å². The first-order valence-electron chi connectivity index (χ1n) is 11.7. The predicted molar refractivity (Wildman–Crippen MR) is 119 cm³/mol. The summed E-state index contributed by atoms with van der Waals surface area (Å²) in [7, 11) is 0.868. The van der Waals surface area contributed by atoms with Crippen molar-refractivity contribution in [3.63, 3.8) is 0 Å². The van der Waals surface area contributed by atoms with Gasteiger partial charge in [-0.05, 0) is 20.3 Å². The molecule has 2 heteroatoms. The molecule has 0 saturated heterocycles. The topological polar surface area (TPSA) is 9.23 Å². The molecule has 0 spiro atoms. The average molecular weight is 371 g/mol. The summed E-state index contributed by atoms with van der Waals surface area (Å²) >= 11 is 0. The van der Waals surface area contributed by atoms with E-state index in [1.807, 2.05) is 0 Å². The fourth-order valence-corrected chi connectivity index (χ4v) is 3.76. The molecule has 0 N–H and O–H groups in total. The Morgan fingerprint density at radius 1 is 0.520 bits per heavy atom. The van der Waals surface area contributed by atoms with Crippen LogP contribution < -0.4 is 0 Å². The molecule has 0 aromatic rings. The Labute approximate surface area is 163 Å². The first-order chi connectivity index (χ1) is 12.1. The first-order valence-corrected chi connectivity index (χ1v) is 12.5. The Bertz CT molecular complexity index is 252. The van der Waals surface area contributed by atoms with E-state index in [1.165, 1.54) is 122 Å². The summed E-state index contributed by atoms with van der Waals surface area (Å²) < 4.78 is 5.61. The molecule has 0 aliphatic rings. The van der Waals surface area contributed by atoms with E-state index in [9.17, 15) is 0 Å². The number of hydrogen-bond donors (Lipinski definition) is 0. The van der Waals surface area contributed by atoms with E-state index in [2.05, 4.69) is 20.8 Å². The van der Waals surface area contributed by atoms with Gasteiger partial charge in [0.2, 0.25) is 0 Å². The number of unbranched alkanes of at least 4 members (excludes halogenated alkanes) is 17. The van der Waals surface area contributed by atoms with Crippen LogP contribution in [0.3, 0.4) is 0 Å². The van der Waals surface area contributed by atoms with E-state index in [4.69, 9.17) is 4.43 Å². The summed E-state index contributed by atoms with van der Waals surface area (Å²) in [5.74, 6) is 0. The normalized spacial score (nSPS) is 12.1. The lowest BCUT2D eigenvalue weighted by atomic mass is 9.99. The number of hydrogen-bond acceptors (Lipinski definition) is 1. The first kappa shape index (κ1) is 25.2. The molecule has 0 atom stereocenters. The zero-order valence-electron chi connectivity index (χ0n) is 18.3. The Morgan fingerprint density at radius 3 is 1.08 bits per heavy atom. The third kappa shape index (κ3) is 20.3. The van der Waals surface area contributed by atoms with E-state index in [1.54, 1.807) is 0 Å². The maximum Gasteiger partial charge on any atom is 0.146 e. The van der Waals surface area contributed by atoms with Gasteiger partial charge >= 0.3 is 0 Å².